The molecule has 20 nitrogen and oxygen atoms in total. The van der Waals surface area contributed by atoms with Gasteiger partial charge in [0.15, 0.2) is 42.6 Å². The molecule has 8 atom stereocenters. The molecular weight excluding hydrogens is 1750 g/mol. The number of benzene rings is 4. The maximum absolute atomic E-state index is 15.4. The fourth-order valence-electron chi connectivity index (χ4n) is 17.2. The Morgan fingerprint density at radius 1 is 0.605 bits per heavy atom. The fraction of sp³-hybridized carbons (Fsp3) is 0.424. The van der Waals surface area contributed by atoms with E-state index in [4.69, 9.17) is 50.9 Å². The number of likely N-dealkylation sites (tertiary alicyclic amines) is 1. The number of carbonyl (C=O) groups is 3. The summed E-state index contributed by atoms with van der Waals surface area (Å²) >= 11 is 19.5. The molecule has 1 amide bonds. The molecule has 6 aromatic heterocycles. The molecule has 0 radical (unpaired) electrons. The van der Waals surface area contributed by atoms with Crippen LogP contribution in [0.4, 0.5) is 66.3 Å². The van der Waals surface area contributed by atoms with Crippen LogP contribution in [0, 0.1) is 71.1 Å². The van der Waals surface area contributed by atoms with Crippen LogP contribution in [0.25, 0.3) is 44.1 Å². The Morgan fingerprint density at radius 3 is 1.44 bits per heavy atom. The predicted molar refractivity (Wildman–Crippen MR) is 431 cm³/mol. The van der Waals surface area contributed by atoms with Crippen molar-refractivity contribution in [3.05, 3.63) is 197 Å². The first-order valence-corrected chi connectivity index (χ1v) is 44.2. The van der Waals surface area contributed by atoms with Crippen molar-refractivity contribution in [2.75, 3.05) is 38.7 Å². The van der Waals surface area contributed by atoms with Crippen LogP contribution in [0.2, 0.25) is 15.2 Å². The Balaban J connectivity index is 0.000000175. The van der Waals surface area contributed by atoms with E-state index >= 15 is 17.6 Å². The Morgan fingerprint density at radius 2 is 1.04 bits per heavy atom. The van der Waals surface area contributed by atoms with E-state index in [2.05, 4.69) is 48.5 Å². The zero-order chi connectivity index (χ0) is 89.9. The maximum atomic E-state index is 15.4. The van der Waals surface area contributed by atoms with Crippen LogP contribution in [-0.2, 0) is 110 Å². The van der Waals surface area contributed by atoms with Gasteiger partial charge in [0.1, 0.15) is 64.2 Å². The van der Waals surface area contributed by atoms with Gasteiger partial charge in [-0.05, 0) is 155 Å². The molecular formula is C85H77Cl3F14N12O8S2. The first-order valence-electron chi connectivity index (χ1n) is 39.0. The lowest BCUT2D eigenvalue weighted by Crippen LogP contribution is -2.35. The molecule has 2 aliphatic heterocycles. The highest BCUT2D eigenvalue weighted by atomic mass is 35.5. The monoisotopic (exact) mass is 1830 g/mol. The van der Waals surface area contributed by atoms with Gasteiger partial charge < -0.3 is 15.0 Å². The van der Waals surface area contributed by atoms with Crippen LogP contribution < -0.4 is 5.32 Å². The number of terminal acetylenes is 1. The average Bonchev–Trinajstić information content (AvgIpc) is 1.52. The highest BCUT2D eigenvalue weighted by Gasteiger charge is 2.70. The molecule has 4 aliphatic carbocycles. The van der Waals surface area contributed by atoms with Crippen molar-refractivity contribution in [3.8, 4) is 46.4 Å². The average molecular weight is 1830 g/mol. The lowest BCUT2D eigenvalue weighted by atomic mass is 9.86. The number of nitrogens with zero attached hydrogens (tertiary/aromatic N) is 11. The molecule has 4 fully saturated rings. The van der Waals surface area contributed by atoms with E-state index < -0.39 is 191 Å². The van der Waals surface area contributed by atoms with E-state index in [1.807, 2.05) is 20.8 Å². The van der Waals surface area contributed by atoms with E-state index in [0.29, 0.717) is 85.2 Å². The third-order valence-electron chi connectivity index (χ3n) is 22.3. The number of fused-ring (bicyclic) bond motifs is 8. The largest absolute Gasteiger partial charge is 0.444 e. The SMILES string of the molecule is C#CC1CCN(C(=O)OC(C)(C)C)C1.Cn1nc(CS(C)(=O)=O)c2c(Cl)ccc(-c3ccc(C#CC4CCNC4)nc3[C@@H](CC(=O)Cn3nc(C(F)(F)F)c4c3C(F)(F)[C@@H]3C[C@H]43)Cc3cc(F)cc(F)c3)c21.Cn1nc(CS(C)(=O)=O)c2c(Cl)ccc(-c3ccc(Cl)nc3[C@@H](CC(=O)Cn3nc(C(F)(F)F)c4c3C(F)(F)[C@@H]3C[C@H]43)Cc3cc(F)cc(F)c3)c21. The van der Waals surface area contributed by atoms with Gasteiger partial charge in [-0.1, -0.05) is 52.9 Å². The summed E-state index contributed by atoms with van der Waals surface area (Å²) in [5.41, 5.74) is -2.91. The number of halogens is 17. The highest BCUT2D eigenvalue weighted by molar-refractivity contribution is 7.90. The zero-order valence-electron chi connectivity index (χ0n) is 67.0. The number of carbonyl (C=O) groups excluding carboxylic acids is 3. The maximum Gasteiger partial charge on any atom is 0.435 e. The van der Waals surface area contributed by atoms with Crippen LogP contribution in [-0.4, -0.2) is 133 Å². The predicted octanol–water partition coefficient (Wildman–Crippen LogP) is 17.5. The number of rotatable bonds is 20. The van der Waals surface area contributed by atoms with E-state index in [0.717, 1.165) is 56.2 Å². The molecule has 2 saturated carbocycles. The number of Topliss-reactive ketones (excluding diaryl/α,β-unsaturated/α-hetero) is 2. The number of aryl methyl sites for hydroxylation is 2. The van der Waals surface area contributed by atoms with Gasteiger partial charge in [-0.2, -0.15) is 64.3 Å². The minimum Gasteiger partial charge on any atom is -0.444 e. The summed E-state index contributed by atoms with van der Waals surface area (Å²) in [5.74, 6) is -11.0. The van der Waals surface area contributed by atoms with Crippen LogP contribution in [0.5, 0.6) is 0 Å². The second-order valence-electron chi connectivity index (χ2n) is 33.2. The third kappa shape index (κ3) is 19.2. The molecule has 2 unspecified atom stereocenters. The normalized spacial score (nSPS) is 19.6. The molecule has 10 aromatic rings. The van der Waals surface area contributed by atoms with Crippen molar-refractivity contribution in [1.29, 1.82) is 0 Å². The second-order valence-corrected chi connectivity index (χ2v) is 38.7. The van der Waals surface area contributed by atoms with Gasteiger partial charge in [0.05, 0.1) is 55.4 Å². The van der Waals surface area contributed by atoms with Gasteiger partial charge in [0.25, 0.3) is 11.8 Å². The Kier molecular flexibility index (Phi) is 24.6. The molecule has 656 valence electrons. The number of amides is 1. The molecule has 2 saturated heterocycles. The minimum atomic E-state index is -5.04. The highest BCUT2D eigenvalue weighted by Crippen LogP contribution is 2.70. The summed E-state index contributed by atoms with van der Waals surface area (Å²) in [6.07, 6.45) is -3.05. The van der Waals surface area contributed by atoms with Crippen molar-refractivity contribution in [3.63, 3.8) is 0 Å². The minimum absolute atomic E-state index is 0.0257. The number of pyridine rings is 2. The number of aromatic nitrogens is 10. The van der Waals surface area contributed by atoms with E-state index in [1.165, 1.54) is 21.5 Å². The van der Waals surface area contributed by atoms with Gasteiger partial charge in [0.2, 0.25) is 0 Å². The van der Waals surface area contributed by atoms with Crippen LogP contribution in [0.1, 0.15) is 156 Å². The first-order chi connectivity index (χ1) is 57.9. The molecule has 39 heteroatoms. The number of hydrogen-bond acceptors (Lipinski definition) is 15. The quantitative estimate of drug-likeness (QED) is 0.0424. The number of ketones is 2. The summed E-state index contributed by atoms with van der Waals surface area (Å²) in [6.45, 7) is 6.48. The van der Waals surface area contributed by atoms with Crippen molar-refractivity contribution < 1.29 is 97.4 Å². The summed E-state index contributed by atoms with van der Waals surface area (Å²) < 4.78 is 262. The first kappa shape index (κ1) is 90.3. The number of alkyl halides is 10. The molecule has 8 heterocycles. The molecule has 0 spiro atoms. The van der Waals surface area contributed by atoms with Crippen LogP contribution in [0.3, 0.4) is 0 Å². The Labute approximate surface area is 716 Å². The molecule has 16 rings (SSSR count). The van der Waals surface area contributed by atoms with Gasteiger partial charge in [-0.25, -0.2) is 49.2 Å². The zero-order valence-corrected chi connectivity index (χ0v) is 70.9. The number of nitrogens with one attached hydrogen (secondary N) is 1. The fourth-order valence-corrected chi connectivity index (χ4v) is 19.3. The lowest BCUT2D eigenvalue weighted by molar-refractivity contribution is -0.143. The number of sulfone groups is 2. The van der Waals surface area contributed by atoms with E-state index in [-0.39, 0.29) is 98.4 Å². The van der Waals surface area contributed by atoms with Crippen molar-refractivity contribution in [1.82, 2.24) is 59.3 Å². The summed E-state index contributed by atoms with van der Waals surface area (Å²) in [6, 6.07) is 18.1. The van der Waals surface area contributed by atoms with Gasteiger partial charge >= 0.3 is 18.4 Å². The van der Waals surface area contributed by atoms with Crippen molar-refractivity contribution in [2.24, 2.45) is 37.8 Å². The summed E-state index contributed by atoms with van der Waals surface area (Å²) in [7, 11) is -3.98. The molecule has 6 aliphatic rings. The summed E-state index contributed by atoms with van der Waals surface area (Å²) in [4.78, 5) is 50.5. The lowest BCUT2D eigenvalue weighted by Gasteiger charge is -2.24. The van der Waals surface area contributed by atoms with Crippen molar-refractivity contribution >= 4 is 93.9 Å². The Hall–Kier alpha value is -9.98. The third-order valence-corrected chi connectivity index (χ3v) is 24.8. The van der Waals surface area contributed by atoms with E-state index in [9.17, 15) is 75.1 Å². The Bertz CT molecular complexity index is 6300. The van der Waals surface area contributed by atoms with Crippen molar-refractivity contribution in [2.45, 2.75) is 150 Å². The van der Waals surface area contributed by atoms with Gasteiger partial charge in [-0.15, -0.1) is 12.3 Å². The molecule has 1 N–H and O–H groups in total. The topological polar surface area (TPSA) is 241 Å². The second kappa shape index (κ2) is 33.7. The standard InChI is InChI=1S/C40H34ClF7N6O3S.C34H26Cl2F7N5O3S.C11H17NO2/c1-53-36-28(7-8-31(41)34(36)32(51-53)19-58(2,56)57)27-6-5-25(4-3-20-9-10-49-17-20)50-35(27)22(11-21-12-23(42)15-24(43)13-21)14-26(55)18-54-38-33(37(52-54)40(46,47)48)29-16-30(29)39(38,44)45;1-47-30-21(3-5-24(35)28(30)25(45-47)14-52(2,50)51)20-4-6-26(36)44-29(20)16(7-15-8-17(37)11-18(38)9-15)10-19(49)13-48-32-27(31(46-48)34(41,42)43)22-12-23(22)33(32,39)40;1-5-9-6-7-12(8-9)10(13)14-11(2,3)4/h5-8,12-13,15,20,22,29-30,49H,9-11,14,16-19H2,1-2H3;3-6,8-9,11,16,22-23H,7,10,12-14H2,1-2H3;1,9H,6-8H2,2-4H3/t20?,22-,29+,30-;16-,22+,23-;/m11./s1. The van der Waals surface area contributed by atoms with Gasteiger partial charge in [0, 0.05) is 151 Å². The molecule has 124 heavy (non-hydrogen) atoms. The molecule has 0 bridgehead atoms. The van der Waals surface area contributed by atoms with Gasteiger partial charge in [-0.3, -0.25) is 28.3 Å². The number of ether oxygens (including phenoxy) is 1. The van der Waals surface area contributed by atoms with Crippen LogP contribution in [0.15, 0.2) is 84.9 Å². The van der Waals surface area contributed by atoms with E-state index in [1.54, 1.807) is 55.4 Å². The van der Waals surface area contributed by atoms with Crippen LogP contribution >= 0.6 is 34.8 Å². The number of hydrogen-bond donors (Lipinski definition) is 1. The summed E-state index contributed by atoms with van der Waals surface area (Å²) in [5, 5.41) is 20.0. The molecule has 4 aromatic carbocycles. The smallest absolute Gasteiger partial charge is 0.435 e.